The molecular weight excluding hydrogens is 439 g/mol. The second kappa shape index (κ2) is 8.86. The zero-order chi connectivity index (χ0) is 21.9. The van der Waals surface area contributed by atoms with Crippen molar-refractivity contribution in [3.63, 3.8) is 0 Å². The number of nitrogens with zero attached hydrogens (tertiary/aromatic N) is 2. The minimum absolute atomic E-state index is 0.00199. The van der Waals surface area contributed by atoms with E-state index >= 15 is 0 Å². The Bertz CT molecular complexity index is 1130. The van der Waals surface area contributed by atoms with Gasteiger partial charge in [-0.15, -0.1) is 0 Å². The molecule has 11 heteroatoms. The number of primary sulfonamides is 1. The molecule has 0 amide bonds. The van der Waals surface area contributed by atoms with Gasteiger partial charge < -0.3 is 9.30 Å². The maximum Gasteiger partial charge on any atom is 0.422 e. The molecule has 3 rings (SSSR count). The molecule has 1 heterocycles. The zero-order valence-corrected chi connectivity index (χ0v) is 17.6. The third-order valence-corrected chi connectivity index (χ3v) is 6.11. The number of ether oxygens (including phenoxy) is 1. The van der Waals surface area contributed by atoms with Crippen LogP contribution in [0, 0.1) is 0 Å². The number of aromatic nitrogens is 2. The van der Waals surface area contributed by atoms with Gasteiger partial charge in [0.05, 0.1) is 15.9 Å². The summed E-state index contributed by atoms with van der Waals surface area (Å²) in [6.07, 6.45) is -3.52. The second-order valence-electron chi connectivity index (χ2n) is 6.58. The third kappa shape index (κ3) is 5.67. The highest BCUT2D eigenvalue weighted by Gasteiger charge is 2.28. The van der Waals surface area contributed by atoms with E-state index in [0.717, 1.165) is 22.7 Å². The molecule has 0 spiro atoms. The van der Waals surface area contributed by atoms with Crippen LogP contribution < -0.4 is 9.88 Å². The zero-order valence-electron chi connectivity index (χ0n) is 16.0. The molecule has 6 nitrogen and oxygen atoms in total. The van der Waals surface area contributed by atoms with Gasteiger partial charge in [-0.25, -0.2) is 18.5 Å². The van der Waals surface area contributed by atoms with Crippen LogP contribution in [-0.2, 0) is 22.3 Å². The average molecular weight is 460 g/mol. The fourth-order valence-electron chi connectivity index (χ4n) is 2.81. The van der Waals surface area contributed by atoms with Gasteiger partial charge in [-0.2, -0.15) is 13.2 Å². The summed E-state index contributed by atoms with van der Waals surface area (Å²) in [5.74, 6) is 0.684. The average Bonchev–Trinajstić information content (AvgIpc) is 3.01. The van der Waals surface area contributed by atoms with Crippen molar-refractivity contribution in [2.24, 2.45) is 5.14 Å². The van der Waals surface area contributed by atoms with Gasteiger partial charge in [0.1, 0.15) is 5.75 Å². The summed E-state index contributed by atoms with van der Waals surface area (Å²) < 4.78 is 66.6. The summed E-state index contributed by atoms with van der Waals surface area (Å²) in [4.78, 5) is 4.55. The van der Waals surface area contributed by atoms with Gasteiger partial charge >= 0.3 is 6.18 Å². The minimum atomic E-state index is -4.38. The normalized spacial score (nSPS) is 12.4. The number of fused-ring (bicyclic) bond motifs is 1. The molecule has 2 aromatic carbocycles. The highest BCUT2D eigenvalue weighted by molar-refractivity contribution is 7.98. The molecule has 0 atom stereocenters. The van der Waals surface area contributed by atoms with E-state index in [4.69, 9.17) is 9.88 Å². The molecule has 0 aliphatic rings. The molecule has 0 saturated carbocycles. The summed E-state index contributed by atoms with van der Waals surface area (Å²) in [7, 11) is -3.82. The van der Waals surface area contributed by atoms with Crippen molar-refractivity contribution in [1.29, 1.82) is 0 Å². The lowest BCUT2D eigenvalue weighted by Gasteiger charge is -2.10. The first-order valence-electron chi connectivity index (χ1n) is 9.01. The minimum Gasteiger partial charge on any atom is -0.484 e. The van der Waals surface area contributed by atoms with Crippen molar-refractivity contribution < 1.29 is 26.3 Å². The van der Waals surface area contributed by atoms with Crippen LogP contribution in [-0.4, -0.2) is 30.8 Å². The lowest BCUT2D eigenvalue weighted by atomic mass is 10.2. The molecule has 162 valence electrons. The van der Waals surface area contributed by atoms with E-state index in [9.17, 15) is 21.6 Å². The Morgan fingerprint density at radius 3 is 2.47 bits per heavy atom. The molecule has 30 heavy (non-hydrogen) atoms. The molecular formula is C19H20F3N3O3S2. The fourth-order valence-corrected chi connectivity index (χ4v) is 4.34. The Labute approximate surface area is 176 Å². The lowest BCUT2D eigenvalue weighted by molar-refractivity contribution is -0.153. The van der Waals surface area contributed by atoms with Crippen molar-refractivity contribution in [2.75, 3.05) is 6.61 Å². The first-order chi connectivity index (χ1) is 14.1. The number of aryl methyl sites for hydroxylation is 1. The van der Waals surface area contributed by atoms with Crippen LogP contribution in [0.1, 0.15) is 18.9 Å². The van der Waals surface area contributed by atoms with E-state index in [0.29, 0.717) is 17.8 Å². The van der Waals surface area contributed by atoms with E-state index in [1.54, 1.807) is 18.2 Å². The van der Waals surface area contributed by atoms with Gasteiger partial charge in [-0.1, -0.05) is 30.8 Å². The summed E-state index contributed by atoms with van der Waals surface area (Å²) in [5, 5.41) is 5.92. The summed E-state index contributed by atoms with van der Waals surface area (Å²) in [6.45, 7) is 1.40. The number of hydrogen-bond acceptors (Lipinski definition) is 5. The molecule has 0 aliphatic heterocycles. The van der Waals surface area contributed by atoms with Crippen LogP contribution in [0.5, 0.6) is 5.75 Å². The fraction of sp³-hybridized carbons (Fsp3) is 0.316. The van der Waals surface area contributed by atoms with Gasteiger partial charge in [0.2, 0.25) is 10.0 Å². The smallest absolute Gasteiger partial charge is 0.422 e. The highest BCUT2D eigenvalue weighted by Crippen LogP contribution is 2.29. The van der Waals surface area contributed by atoms with Gasteiger partial charge in [-0.05, 0) is 42.3 Å². The molecule has 0 bridgehead atoms. The second-order valence-corrected chi connectivity index (χ2v) is 9.08. The number of alkyl halides is 3. The van der Waals surface area contributed by atoms with Crippen molar-refractivity contribution in [1.82, 2.24) is 9.55 Å². The van der Waals surface area contributed by atoms with Gasteiger partial charge in [-0.3, -0.25) is 0 Å². The molecule has 3 aromatic rings. The molecule has 1 aromatic heterocycles. The van der Waals surface area contributed by atoms with E-state index in [2.05, 4.69) is 4.98 Å². The molecule has 0 aliphatic carbocycles. The van der Waals surface area contributed by atoms with Crippen molar-refractivity contribution in [2.45, 2.75) is 41.9 Å². The number of rotatable bonds is 8. The SMILES string of the molecule is CCCn1c(SCc2ccc(OCC(F)(F)F)cc2)nc2cc(S(N)(=O)=O)ccc21. The van der Waals surface area contributed by atoms with E-state index in [1.165, 1.54) is 36.0 Å². The number of imidazole rings is 1. The van der Waals surface area contributed by atoms with Crippen molar-refractivity contribution >= 4 is 32.8 Å². The van der Waals surface area contributed by atoms with Crippen molar-refractivity contribution in [3.8, 4) is 5.75 Å². The summed E-state index contributed by atoms with van der Waals surface area (Å²) >= 11 is 1.45. The predicted octanol–water partition coefficient (Wildman–Crippen LogP) is 4.33. The maximum absolute atomic E-state index is 12.2. The number of nitrogens with two attached hydrogens (primary N) is 1. The third-order valence-electron chi connectivity index (χ3n) is 4.15. The van der Waals surface area contributed by atoms with Gasteiger partial charge in [0.25, 0.3) is 0 Å². The van der Waals surface area contributed by atoms with E-state index in [-0.39, 0.29) is 10.6 Å². The molecule has 0 radical (unpaired) electrons. The largest absolute Gasteiger partial charge is 0.484 e. The Morgan fingerprint density at radius 1 is 1.17 bits per heavy atom. The topological polar surface area (TPSA) is 87.2 Å². The standard InChI is InChI=1S/C19H20F3N3O3S2/c1-2-9-25-17-8-7-15(30(23,26)27)10-16(17)24-18(25)29-11-13-3-5-14(6-4-13)28-12-19(20,21)22/h3-8,10H,2,9,11-12H2,1H3,(H2,23,26,27). The molecule has 0 unspecified atom stereocenters. The lowest BCUT2D eigenvalue weighted by Crippen LogP contribution is -2.19. The van der Waals surface area contributed by atoms with Crippen LogP contribution in [0.3, 0.4) is 0 Å². The number of thioether (sulfide) groups is 1. The summed E-state index contributed by atoms with van der Waals surface area (Å²) in [5.41, 5.74) is 2.23. The number of benzene rings is 2. The first-order valence-corrected chi connectivity index (χ1v) is 11.5. The van der Waals surface area contributed by atoms with Gasteiger partial charge in [0, 0.05) is 12.3 Å². The Morgan fingerprint density at radius 2 is 1.87 bits per heavy atom. The highest BCUT2D eigenvalue weighted by atomic mass is 32.2. The van der Waals surface area contributed by atoms with Crippen LogP contribution >= 0.6 is 11.8 Å². The molecule has 0 fully saturated rings. The van der Waals surface area contributed by atoms with Crippen LogP contribution in [0.25, 0.3) is 11.0 Å². The summed E-state index contributed by atoms with van der Waals surface area (Å²) in [6, 6.07) is 11.0. The van der Waals surface area contributed by atoms with Crippen LogP contribution in [0.4, 0.5) is 13.2 Å². The predicted molar refractivity (Wildman–Crippen MR) is 109 cm³/mol. The molecule has 0 saturated heterocycles. The maximum atomic E-state index is 12.2. The van der Waals surface area contributed by atoms with Crippen LogP contribution in [0.15, 0.2) is 52.5 Å². The number of hydrogen-bond donors (Lipinski definition) is 1. The van der Waals surface area contributed by atoms with Gasteiger partial charge in [0.15, 0.2) is 11.8 Å². The Kier molecular flexibility index (Phi) is 6.63. The van der Waals surface area contributed by atoms with Crippen molar-refractivity contribution in [3.05, 3.63) is 48.0 Å². The molecule has 2 N–H and O–H groups in total. The quantitative estimate of drug-likeness (QED) is 0.507. The monoisotopic (exact) mass is 459 g/mol. The first kappa shape index (κ1) is 22.4. The Hall–Kier alpha value is -2.24. The number of halogens is 3. The van der Waals surface area contributed by atoms with Crippen LogP contribution in [0.2, 0.25) is 0 Å². The van der Waals surface area contributed by atoms with E-state index in [1.807, 2.05) is 11.5 Å². The Balaban J connectivity index is 1.77. The number of sulfonamides is 1. The van der Waals surface area contributed by atoms with E-state index < -0.39 is 22.8 Å².